The van der Waals surface area contributed by atoms with Crippen molar-refractivity contribution < 1.29 is 18.3 Å². The summed E-state index contributed by atoms with van der Waals surface area (Å²) in [7, 11) is -4.34. The predicted octanol–water partition coefficient (Wildman–Crippen LogP) is 3.99. The number of nitro benzene ring substituents is 2. The fourth-order valence-electron chi connectivity index (χ4n) is 3.02. The Labute approximate surface area is 179 Å². The normalized spacial score (nSPS) is 11.5. The molecule has 4 rings (SSSR count). The minimum atomic E-state index is -4.34. The van der Waals surface area contributed by atoms with Gasteiger partial charge in [0.25, 0.3) is 21.4 Å². The van der Waals surface area contributed by atoms with Crippen LogP contribution in [0.4, 0.5) is 17.1 Å². The molecule has 0 radical (unpaired) electrons. The molecular weight excluding hydrogens is 446 g/mol. The number of sulfonamides is 1. The number of nitrogens with zero attached hydrogens (tertiary/aromatic N) is 4. The lowest BCUT2D eigenvalue weighted by atomic mass is 10.1. The summed E-state index contributed by atoms with van der Waals surface area (Å²) in [5.41, 5.74) is -0.0651. The molecule has 31 heavy (non-hydrogen) atoms. The fraction of sp³-hybridized carbons (Fsp3) is 0.0556. The number of benzene rings is 2. The van der Waals surface area contributed by atoms with Gasteiger partial charge in [0, 0.05) is 41.2 Å². The molecule has 2 heterocycles. The average Bonchev–Trinajstić information content (AvgIpc) is 3.29. The summed E-state index contributed by atoms with van der Waals surface area (Å²) in [4.78, 5) is 25.4. The molecule has 4 aromatic rings. The van der Waals surface area contributed by atoms with Gasteiger partial charge in [-0.25, -0.2) is 13.4 Å². The third-order valence-corrected chi connectivity index (χ3v) is 6.67. The van der Waals surface area contributed by atoms with E-state index in [0.717, 1.165) is 17.1 Å². The number of nitrogens with one attached hydrogen (secondary N) is 1. The largest absolute Gasteiger partial charge is 0.297 e. The molecule has 13 heteroatoms. The monoisotopic (exact) mass is 459 g/mol. The maximum atomic E-state index is 12.8. The van der Waals surface area contributed by atoms with Crippen LogP contribution in [0.15, 0.2) is 59.1 Å². The zero-order chi connectivity index (χ0) is 22.3. The molecule has 11 nitrogen and oxygen atoms in total. The molecule has 0 aliphatic rings. The molecule has 0 bridgehead atoms. The molecule has 2 aromatic carbocycles. The van der Waals surface area contributed by atoms with Gasteiger partial charge < -0.3 is 0 Å². The summed E-state index contributed by atoms with van der Waals surface area (Å²) >= 11 is 1.45. The fourth-order valence-corrected chi connectivity index (χ4v) is 4.80. The highest BCUT2D eigenvalue weighted by Gasteiger charge is 2.28. The quantitative estimate of drug-likeness (QED) is 0.338. The molecule has 0 unspecified atom stereocenters. The molecular formula is C18H13N5O6S2. The van der Waals surface area contributed by atoms with E-state index in [1.165, 1.54) is 24.3 Å². The lowest BCUT2D eigenvalue weighted by Gasteiger charge is -2.10. The van der Waals surface area contributed by atoms with Gasteiger partial charge in [-0.15, -0.1) is 11.3 Å². The second-order valence-corrected chi connectivity index (χ2v) is 9.06. The third-order valence-electron chi connectivity index (χ3n) is 4.53. The second kappa shape index (κ2) is 7.45. The maximum absolute atomic E-state index is 12.8. The molecule has 0 atom stereocenters. The number of aromatic nitrogens is 2. The first-order valence-corrected chi connectivity index (χ1v) is 11.0. The van der Waals surface area contributed by atoms with E-state index in [-0.39, 0.29) is 11.3 Å². The molecule has 1 N–H and O–H groups in total. The van der Waals surface area contributed by atoms with Gasteiger partial charge in [-0.2, -0.15) is 0 Å². The molecule has 0 spiro atoms. The van der Waals surface area contributed by atoms with Crippen LogP contribution in [0.3, 0.4) is 0 Å². The molecule has 2 aromatic heterocycles. The van der Waals surface area contributed by atoms with E-state index in [0.29, 0.717) is 11.3 Å². The van der Waals surface area contributed by atoms with Crippen molar-refractivity contribution in [2.75, 3.05) is 4.72 Å². The van der Waals surface area contributed by atoms with Crippen molar-refractivity contribution in [3.63, 3.8) is 0 Å². The molecule has 0 aliphatic heterocycles. The number of anilines is 1. The first-order chi connectivity index (χ1) is 14.7. The van der Waals surface area contributed by atoms with Crippen LogP contribution >= 0.6 is 11.3 Å². The van der Waals surface area contributed by atoms with Crippen LogP contribution in [0.1, 0.15) is 5.56 Å². The Morgan fingerprint density at radius 3 is 2.39 bits per heavy atom. The van der Waals surface area contributed by atoms with Crippen LogP contribution in [-0.2, 0) is 10.0 Å². The van der Waals surface area contributed by atoms with E-state index in [2.05, 4.69) is 9.71 Å². The molecule has 0 saturated carbocycles. The number of imidazole rings is 1. The van der Waals surface area contributed by atoms with Crippen molar-refractivity contribution in [2.45, 2.75) is 11.8 Å². The number of hydrogen-bond acceptors (Lipinski definition) is 8. The van der Waals surface area contributed by atoms with Crippen LogP contribution in [0, 0.1) is 27.2 Å². The Morgan fingerprint density at radius 1 is 1.10 bits per heavy atom. The number of fused-ring (bicyclic) bond motifs is 1. The van der Waals surface area contributed by atoms with E-state index >= 15 is 0 Å². The Hall–Kier alpha value is -3.84. The Morgan fingerprint density at radius 2 is 1.77 bits per heavy atom. The van der Waals surface area contributed by atoms with Crippen molar-refractivity contribution in [3.05, 3.63) is 80.0 Å². The van der Waals surface area contributed by atoms with Crippen LogP contribution in [0.5, 0.6) is 0 Å². The van der Waals surface area contributed by atoms with Crippen LogP contribution in [-0.4, -0.2) is 27.6 Å². The van der Waals surface area contributed by atoms with Crippen LogP contribution in [0.25, 0.3) is 16.2 Å². The van der Waals surface area contributed by atoms with E-state index in [9.17, 15) is 28.6 Å². The van der Waals surface area contributed by atoms with Gasteiger partial charge >= 0.3 is 0 Å². The van der Waals surface area contributed by atoms with Gasteiger partial charge in [0.2, 0.25) is 0 Å². The van der Waals surface area contributed by atoms with Crippen molar-refractivity contribution in [1.29, 1.82) is 0 Å². The number of thiazole rings is 1. The second-order valence-electron chi connectivity index (χ2n) is 6.51. The molecule has 0 saturated heterocycles. The lowest BCUT2D eigenvalue weighted by Crippen LogP contribution is -2.14. The highest BCUT2D eigenvalue weighted by atomic mass is 32.2. The van der Waals surface area contributed by atoms with E-state index in [4.69, 9.17) is 0 Å². The van der Waals surface area contributed by atoms with Crippen LogP contribution in [0.2, 0.25) is 0 Å². The van der Waals surface area contributed by atoms with Gasteiger partial charge in [0.05, 0.1) is 15.5 Å². The van der Waals surface area contributed by atoms with Gasteiger partial charge in [-0.3, -0.25) is 29.4 Å². The predicted molar refractivity (Wildman–Crippen MR) is 114 cm³/mol. The first kappa shape index (κ1) is 20.4. The van der Waals surface area contributed by atoms with Gasteiger partial charge in [0.1, 0.15) is 10.5 Å². The lowest BCUT2D eigenvalue weighted by molar-refractivity contribution is -0.395. The van der Waals surface area contributed by atoms with Gasteiger partial charge in [0.15, 0.2) is 4.96 Å². The first-order valence-electron chi connectivity index (χ1n) is 8.64. The summed E-state index contributed by atoms with van der Waals surface area (Å²) < 4.78 is 29.8. The van der Waals surface area contributed by atoms with Crippen molar-refractivity contribution >= 4 is 43.4 Å². The number of hydrogen-bond donors (Lipinski definition) is 1. The maximum Gasteiger partial charge on any atom is 0.280 e. The Bertz CT molecular complexity index is 1390. The third kappa shape index (κ3) is 3.83. The number of rotatable bonds is 6. The van der Waals surface area contributed by atoms with Crippen molar-refractivity contribution in [2.24, 2.45) is 0 Å². The molecule has 0 fully saturated rings. The molecule has 0 aliphatic carbocycles. The van der Waals surface area contributed by atoms with Crippen molar-refractivity contribution in [1.82, 2.24) is 9.38 Å². The Kier molecular flexibility index (Phi) is 4.91. The molecule has 0 amide bonds. The van der Waals surface area contributed by atoms with E-state index in [1.807, 2.05) is 16.0 Å². The zero-order valence-corrected chi connectivity index (χ0v) is 17.4. The zero-order valence-electron chi connectivity index (χ0n) is 15.8. The smallest absolute Gasteiger partial charge is 0.280 e. The Balaban J connectivity index is 1.72. The highest BCUT2D eigenvalue weighted by Crippen LogP contribution is 2.32. The summed E-state index contributed by atoms with van der Waals surface area (Å²) in [6, 6.07) is 8.04. The highest BCUT2D eigenvalue weighted by molar-refractivity contribution is 7.92. The summed E-state index contributed by atoms with van der Waals surface area (Å²) in [6.07, 6.45) is 3.65. The summed E-state index contributed by atoms with van der Waals surface area (Å²) in [5.74, 6) is 0. The SMILES string of the molecule is Cc1c([N+](=O)[O-])cc(S(=O)(=O)Nc2cccc(-c3cn4ccsc4n3)c2)cc1[N+](=O)[O-]. The standard InChI is InChI=1S/C18H13N5O6S2/c1-11-16(22(24)25)8-14(9-17(11)23(26)27)31(28,29)20-13-4-2-3-12(7-13)15-10-21-5-6-30-18(21)19-15/h2-10,20H,1H3. The number of nitro groups is 2. The topological polar surface area (TPSA) is 150 Å². The van der Waals surface area contributed by atoms with Crippen molar-refractivity contribution in [3.8, 4) is 11.3 Å². The van der Waals surface area contributed by atoms with E-state index in [1.54, 1.807) is 24.4 Å². The van der Waals surface area contributed by atoms with Gasteiger partial charge in [-0.1, -0.05) is 12.1 Å². The summed E-state index contributed by atoms with van der Waals surface area (Å²) in [6.45, 7) is 1.19. The summed E-state index contributed by atoms with van der Waals surface area (Å²) in [5, 5.41) is 24.4. The van der Waals surface area contributed by atoms with Gasteiger partial charge in [-0.05, 0) is 19.1 Å². The molecule has 158 valence electrons. The van der Waals surface area contributed by atoms with Crippen LogP contribution < -0.4 is 4.72 Å². The minimum Gasteiger partial charge on any atom is -0.297 e. The average molecular weight is 459 g/mol. The minimum absolute atomic E-state index is 0.180. The van der Waals surface area contributed by atoms with E-state index < -0.39 is 36.1 Å².